The minimum absolute atomic E-state index is 0.0805. The minimum atomic E-state index is -0.540. The number of benzene rings is 1. The predicted molar refractivity (Wildman–Crippen MR) is 72.2 cm³/mol. The molecular weight excluding hydrogens is 247 g/mol. The van der Waals surface area contributed by atoms with Crippen molar-refractivity contribution in [3.05, 3.63) is 35.6 Å². The molecule has 0 fully saturated rings. The molecule has 0 aliphatic heterocycles. The molecule has 0 bridgehead atoms. The lowest BCUT2D eigenvalue weighted by atomic mass is 10.0. The summed E-state index contributed by atoms with van der Waals surface area (Å²) in [5.41, 5.74) is 0.617. The Hall–Kier alpha value is -1.46. The molecule has 5 heteroatoms. The van der Waals surface area contributed by atoms with Gasteiger partial charge in [-0.05, 0) is 38.7 Å². The van der Waals surface area contributed by atoms with E-state index in [0.29, 0.717) is 12.1 Å². The average Bonchev–Trinajstić information content (AvgIpc) is 2.35. The Bertz CT molecular complexity index is 424. The molecule has 0 spiro atoms. The van der Waals surface area contributed by atoms with Gasteiger partial charge in [0.2, 0.25) is 5.91 Å². The van der Waals surface area contributed by atoms with Crippen molar-refractivity contribution >= 4 is 5.91 Å². The molecular formula is C14H21FN2O2. The number of rotatable bonds is 6. The fraction of sp³-hybridized carbons (Fsp3) is 0.500. The molecule has 0 aromatic heterocycles. The van der Waals surface area contributed by atoms with Crippen LogP contribution in [0.5, 0.6) is 0 Å². The van der Waals surface area contributed by atoms with Crippen LogP contribution >= 0.6 is 0 Å². The summed E-state index contributed by atoms with van der Waals surface area (Å²) in [7, 11) is 3.56. The van der Waals surface area contributed by atoms with Crippen LogP contribution in [-0.4, -0.2) is 54.6 Å². The van der Waals surface area contributed by atoms with E-state index in [4.69, 9.17) is 5.11 Å². The fourth-order valence-corrected chi connectivity index (χ4v) is 2.06. The van der Waals surface area contributed by atoms with Gasteiger partial charge in [-0.15, -0.1) is 0 Å². The summed E-state index contributed by atoms with van der Waals surface area (Å²) in [6.07, 6.45) is 0. The van der Waals surface area contributed by atoms with Crippen LogP contribution in [-0.2, 0) is 4.79 Å². The van der Waals surface area contributed by atoms with Crippen molar-refractivity contribution in [3.63, 3.8) is 0 Å². The van der Waals surface area contributed by atoms with E-state index in [9.17, 15) is 9.18 Å². The van der Waals surface area contributed by atoms with Gasteiger partial charge in [-0.1, -0.05) is 12.1 Å². The quantitative estimate of drug-likeness (QED) is 0.845. The third kappa shape index (κ3) is 4.01. The number of amides is 1. The van der Waals surface area contributed by atoms with E-state index in [1.165, 1.54) is 12.1 Å². The van der Waals surface area contributed by atoms with Crippen LogP contribution < -0.4 is 0 Å². The largest absolute Gasteiger partial charge is 0.395 e. The SMILES string of the molecule is CCN(CCO)C(=O)[C@H](c1cccc(F)c1)N(C)C. The molecule has 0 aliphatic rings. The lowest BCUT2D eigenvalue weighted by molar-refractivity contribution is -0.136. The Kier molecular flexibility index (Phi) is 5.92. The van der Waals surface area contributed by atoms with Crippen LogP contribution in [0, 0.1) is 5.82 Å². The number of hydrogen-bond donors (Lipinski definition) is 1. The van der Waals surface area contributed by atoms with Gasteiger partial charge < -0.3 is 10.0 Å². The molecule has 1 N–H and O–H groups in total. The first-order valence-corrected chi connectivity index (χ1v) is 6.32. The van der Waals surface area contributed by atoms with E-state index >= 15 is 0 Å². The number of nitrogens with zero attached hydrogens (tertiary/aromatic N) is 2. The standard InChI is InChI=1S/C14H21FN2O2/c1-4-17(8-9-18)14(19)13(16(2)3)11-6-5-7-12(15)10-11/h5-7,10,13,18H,4,8-9H2,1-3H3/t13-/m0/s1. The van der Waals surface area contributed by atoms with E-state index in [0.717, 1.165) is 0 Å². The van der Waals surface area contributed by atoms with Crippen molar-refractivity contribution in [2.45, 2.75) is 13.0 Å². The number of halogens is 1. The highest BCUT2D eigenvalue weighted by Crippen LogP contribution is 2.21. The second-order valence-electron chi connectivity index (χ2n) is 4.56. The van der Waals surface area contributed by atoms with Crippen LogP contribution in [0.2, 0.25) is 0 Å². The molecule has 0 radical (unpaired) electrons. The van der Waals surface area contributed by atoms with Gasteiger partial charge >= 0.3 is 0 Å². The molecule has 0 saturated carbocycles. The number of carbonyl (C=O) groups is 1. The maximum absolute atomic E-state index is 13.3. The number of carbonyl (C=O) groups excluding carboxylic acids is 1. The van der Waals surface area contributed by atoms with E-state index in [1.807, 2.05) is 6.92 Å². The van der Waals surface area contributed by atoms with Crippen LogP contribution in [0.4, 0.5) is 4.39 Å². The Balaban J connectivity index is 3.03. The highest BCUT2D eigenvalue weighted by Gasteiger charge is 2.27. The van der Waals surface area contributed by atoms with E-state index in [-0.39, 0.29) is 24.9 Å². The third-order valence-electron chi connectivity index (χ3n) is 2.98. The van der Waals surface area contributed by atoms with Gasteiger partial charge in [-0.25, -0.2) is 4.39 Å². The Morgan fingerprint density at radius 2 is 2.11 bits per heavy atom. The Morgan fingerprint density at radius 1 is 1.42 bits per heavy atom. The van der Waals surface area contributed by atoms with E-state index < -0.39 is 6.04 Å². The summed E-state index contributed by atoms with van der Waals surface area (Å²) in [5.74, 6) is -0.491. The molecule has 19 heavy (non-hydrogen) atoms. The normalized spacial score (nSPS) is 12.5. The first-order chi connectivity index (χ1) is 9.01. The van der Waals surface area contributed by atoms with E-state index in [1.54, 1.807) is 36.0 Å². The highest BCUT2D eigenvalue weighted by molar-refractivity contribution is 5.83. The monoisotopic (exact) mass is 268 g/mol. The van der Waals surface area contributed by atoms with Crippen molar-refractivity contribution in [3.8, 4) is 0 Å². The first-order valence-electron chi connectivity index (χ1n) is 6.32. The number of aliphatic hydroxyl groups excluding tert-OH is 1. The van der Waals surface area contributed by atoms with Crippen molar-refractivity contribution in [2.24, 2.45) is 0 Å². The molecule has 1 aromatic carbocycles. The molecule has 106 valence electrons. The maximum atomic E-state index is 13.3. The van der Waals surface area contributed by atoms with Gasteiger partial charge in [0, 0.05) is 13.1 Å². The summed E-state index contributed by atoms with van der Waals surface area (Å²) in [6.45, 7) is 2.57. The van der Waals surface area contributed by atoms with Crippen molar-refractivity contribution in [1.82, 2.24) is 9.80 Å². The van der Waals surface area contributed by atoms with Crippen LogP contribution in [0.3, 0.4) is 0 Å². The minimum Gasteiger partial charge on any atom is -0.395 e. The molecule has 0 aliphatic carbocycles. The average molecular weight is 268 g/mol. The van der Waals surface area contributed by atoms with Crippen LogP contribution in [0.15, 0.2) is 24.3 Å². The van der Waals surface area contributed by atoms with Gasteiger partial charge in [0.1, 0.15) is 11.9 Å². The molecule has 1 amide bonds. The van der Waals surface area contributed by atoms with Gasteiger partial charge in [0.15, 0.2) is 0 Å². The van der Waals surface area contributed by atoms with Crippen molar-refractivity contribution in [2.75, 3.05) is 33.8 Å². The summed E-state index contributed by atoms with van der Waals surface area (Å²) < 4.78 is 13.3. The molecule has 0 heterocycles. The summed E-state index contributed by atoms with van der Waals surface area (Å²) in [6, 6.07) is 5.51. The van der Waals surface area contributed by atoms with Crippen molar-refractivity contribution < 1.29 is 14.3 Å². The lowest BCUT2D eigenvalue weighted by Crippen LogP contribution is -2.41. The Labute approximate surface area is 113 Å². The Morgan fingerprint density at radius 3 is 2.58 bits per heavy atom. The molecule has 1 rings (SSSR count). The number of likely N-dealkylation sites (N-methyl/N-ethyl adjacent to an activating group) is 2. The number of hydrogen-bond acceptors (Lipinski definition) is 3. The number of aliphatic hydroxyl groups is 1. The molecule has 4 nitrogen and oxygen atoms in total. The molecule has 1 aromatic rings. The first kappa shape index (κ1) is 15.6. The summed E-state index contributed by atoms with van der Waals surface area (Å²) in [4.78, 5) is 15.8. The zero-order chi connectivity index (χ0) is 14.4. The molecule has 0 saturated heterocycles. The van der Waals surface area contributed by atoms with E-state index in [2.05, 4.69) is 0 Å². The summed E-state index contributed by atoms with van der Waals surface area (Å²) in [5, 5.41) is 8.98. The molecule has 0 unspecified atom stereocenters. The van der Waals surface area contributed by atoms with Gasteiger partial charge in [0.25, 0.3) is 0 Å². The fourth-order valence-electron chi connectivity index (χ4n) is 2.06. The topological polar surface area (TPSA) is 43.8 Å². The van der Waals surface area contributed by atoms with Crippen LogP contribution in [0.25, 0.3) is 0 Å². The third-order valence-corrected chi connectivity index (χ3v) is 2.98. The van der Waals surface area contributed by atoms with Gasteiger partial charge in [0.05, 0.1) is 6.61 Å². The second kappa shape index (κ2) is 7.21. The van der Waals surface area contributed by atoms with Gasteiger partial charge in [-0.2, -0.15) is 0 Å². The zero-order valence-corrected chi connectivity index (χ0v) is 11.6. The predicted octanol–water partition coefficient (Wildman–Crippen LogP) is 1.27. The molecule has 1 atom stereocenters. The zero-order valence-electron chi connectivity index (χ0n) is 11.6. The van der Waals surface area contributed by atoms with Crippen LogP contribution in [0.1, 0.15) is 18.5 Å². The second-order valence-corrected chi connectivity index (χ2v) is 4.56. The van der Waals surface area contributed by atoms with Gasteiger partial charge in [-0.3, -0.25) is 9.69 Å². The lowest BCUT2D eigenvalue weighted by Gasteiger charge is -2.30. The summed E-state index contributed by atoms with van der Waals surface area (Å²) >= 11 is 0. The highest BCUT2D eigenvalue weighted by atomic mass is 19.1. The maximum Gasteiger partial charge on any atom is 0.244 e. The van der Waals surface area contributed by atoms with Crippen molar-refractivity contribution in [1.29, 1.82) is 0 Å². The smallest absolute Gasteiger partial charge is 0.244 e.